The molecule has 22 heavy (non-hydrogen) atoms. The van der Waals surface area contributed by atoms with Crippen LogP contribution < -0.4 is 10.6 Å². The maximum atomic E-state index is 12.4. The Balaban J connectivity index is 1.53. The highest BCUT2D eigenvalue weighted by molar-refractivity contribution is 5.81. The molecule has 2 heterocycles. The van der Waals surface area contributed by atoms with Crippen LogP contribution in [0.1, 0.15) is 30.4 Å². The number of benzene rings is 1. The minimum Gasteiger partial charge on any atom is -0.376 e. The number of carbonyl (C=O) groups excluding carboxylic acids is 1. The number of para-hydroxylation sites is 1. The number of hydrogen-bond acceptors (Lipinski definition) is 3. The molecule has 2 saturated heterocycles. The van der Waals surface area contributed by atoms with E-state index < -0.39 is 0 Å². The van der Waals surface area contributed by atoms with Crippen molar-refractivity contribution < 1.29 is 4.79 Å². The van der Waals surface area contributed by atoms with E-state index in [0.717, 1.165) is 44.7 Å². The molecule has 0 bridgehead atoms. The number of likely N-dealkylation sites (tertiary alicyclic amines) is 1. The molecule has 3 rings (SSSR count). The maximum Gasteiger partial charge on any atom is 0.241 e. The first-order valence-electron chi connectivity index (χ1n) is 8.38. The second kappa shape index (κ2) is 6.29. The molecule has 1 aromatic rings. The monoisotopic (exact) mass is 301 g/mol. The summed E-state index contributed by atoms with van der Waals surface area (Å²) in [6.07, 6.45) is 3.57. The van der Waals surface area contributed by atoms with Crippen molar-refractivity contribution in [3.63, 3.8) is 0 Å². The molecule has 0 atom stereocenters. The van der Waals surface area contributed by atoms with E-state index in [-0.39, 0.29) is 5.91 Å². The Bertz CT molecular complexity index is 519. The van der Waals surface area contributed by atoms with Crippen molar-refractivity contribution >= 4 is 11.6 Å². The van der Waals surface area contributed by atoms with Crippen LogP contribution in [0.4, 0.5) is 5.69 Å². The van der Waals surface area contributed by atoms with Gasteiger partial charge in [0.1, 0.15) is 0 Å². The minimum atomic E-state index is 0.225. The predicted molar refractivity (Wildman–Crippen MR) is 90.1 cm³/mol. The smallest absolute Gasteiger partial charge is 0.241 e. The standard InChI is InChI=1S/C18H27N3O/c1-14-4-3-5-15(2)17(14)20-12-16(22)21-10-7-18(8-11-21)6-9-19-13-18/h3-5,19-20H,6-13H2,1-2H3. The molecule has 2 aliphatic heterocycles. The first-order valence-corrected chi connectivity index (χ1v) is 8.38. The lowest BCUT2D eigenvalue weighted by Crippen LogP contribution is -2.45. The Labute approximate surface area is 133 Å². The zero-order valence-electron chi connectivity index (χ0n) is 13.7. The normalized spacial score (nSPS) is 20.4. The van der Waals surface area contributed by atoms with E-state index in [9.17, 15) is 4.79 Å². The average Bonchev–Trinajstić information content (AvgIpc) is 2.95. The lowest BCUT2D eigenvalue weighted by molar-refractivity contribution is -0.131. The second-order valence-electron chi connectivity index (χ2n) is 6.93. The van der Waals surface area contributed by atoms with Gasteiger partial charge < -0.3 is 15.5 Å². The summed E-state index contributed by atoms with van der Waals surface area (Å²) in [5.41, 5.74) is 3.96. The van der Waals surface area contributed by atoms with Crippen LogP contribution in [0.3, 0.4) is 0 Å². The van der Waals surface area contributed by atoms with Crippen molar-refractivity contribution in [2.24, 2.45) is 5.41 Å². The molecule has 2 aliphatic rings. The van der Waals surface area contributed by atoms with Crippen molar-refractivity contribution in [1.82, 2.24) is 10.2 Å². The third-order valence-corrected chi connectivity index (χ3v) is 5.41. The third kappa shape index (κ3) is 3.12. The fraction of sp³-hybridized carbons (Fsp3) is 0.611. The van der Waals surface area contributed by atoms with Gasteiger partial charge in [-0.15, -0.1) is 0 Å². The molecule has 1 aromatic carbocycles. The summed E-state index contributed by atoms with van der Waals surface area (Å²) in [5, 5.41) is 6.81. The molecular weight excluding hydrogens is 274 g/mol. The van der Waals surface area contributed by atoms with Gasteiger partial charge in [-0.05, 0) is 56.2 Å². The highest BCUT2D eigenvalue weighted by atomic mass is 16.2. The molecule has 4 heteroatoms. The summed E-state index contributed by atoms with van der Waals surface area (Å²) >= 11 is 0. The molecule has 0 unspecified atom stereocenters. The van der Waals surface area contributed by atoms with Crippen molar-refractivity contribution in [2.75, 3.05) is 38.0 Å². The fourth-order valence-electron chi connectivity index (χ4n) is 3.82. The van der Waals surface area contributed by atoms with Crippen LogP contribution in [0, 0.1) is 19.3 Å². The first kappa shape index (κ1) is 15.3. The maximum absolute atomic E-state index is 12.4. The SMILES string of the molecule is Cc1cccc(C)c1NCC(=O)N1CCC2(CCNC2)CC1. The van der Waals surface area contributed by atoms with Gasteiger partial charge in [0, 0.05) is 25.3 Å². The van der Waals surface area contributed by atoms with E-state index in [2.05, 4.69) is 42.7 Å². The summed E-state index contributed by atoms with van der Waals surface area (Å²) in [4.78, 5) is 14.5. The molecule has 0 aromatic heterocycles. The van der Waals surface area contributed by atoms with Gasteiger partial charge in [-0.3, -0.25) is 4.79 Å². The number of hydrogen-bond donors (Lipinski definition) is 2. The predicted octanol–water partition coefficient (Wildman–Crippen LogP) is 2.32. The van der Waals surface area contributed by atoms with E-state index in [0.29, 0.717) is 12.0 Å². The molecule has 0 saturated carbocycles. The molecule has 1 amide bonds. The number of nitrogens with one attached hydrogen (secondary N) is 2. The number of nitrogens with zero attached hydrogens (tertiary/aromatic N) is 1. The third-order valence-electron chi connectivity index (χ3n) is 5.41. The van der Waals surface area contributed by atoms with Gasteiger partial charge in [0.25, 0.3) is 0 Å². The highest BCUT2D eigenvalue weighted by Gasteiger charge is 2.37. The summed E-state index contributed by atoms with van der Waals surface area (Å²) in [6, 6.07) is 6.21. The van der Waals surface area contributed by atoms with Crippen molar-refractivity contribution in [3.8, 4) is 0 Å². The van der Waals surface area contributed by atoms with Crippen LogP contribution in [-0.4, -0.2) is 43.5 Å². The Kier molecular flexibility index (Phi) is 4.39. The topological polar surface area (TPSA) is 44.4 Å². The van der Waals surface area contributed by atoms with Crippen molar-refractivity contribution in [3.05, 3.63) is 29.3 Å². The zero-order chi connectivity index (χ0) is 15.6. The van der Waals surface area contributed by atoms with Crippen LogP contribution in [0.2, 0.25) is 0 Å². The van der Waals surface area contributed by atoms with Crippen LogP contribution in [0.15, 0.2) is 18.2 Å². The fourth-order valence-corrected chi connectivity index (χ4v) is 3.82. The summed E-state index contributed by atoms with van der Waals surface area (Å²) in [6.45, 7) is 8.66. The zero-order valence-corrected chi connectivity index (χ0v) is 13.7. The van der Waals surface area contributed by atoms with E-state index in [1.165, 1.54) is 17.5 Å². The van der Waals surface area contributed by atoms with Crippen LogP contribution >= 0.6 is 0 Å². The van der Waals surface area contributed by atoms with Crippen molar-refractivity contribution in [2.45, 2.75) is 33.1 Å². The quantitative estimate of drug-likeness (QED) is 0.900. The Morgan fingerprint density at radius 3 is 2.50 bits per heavy atom. The average molecular weight is 301 g/mol. The number of carbonyl (C=O) groups is 1. The molecule has 120 valence electrons. The van der Waals surface area contributed by atoms with Gasteiger partial charge in [0.2, 0.25) is 5.91 Å². The summed E-state index contributed by atoms with van der Waals surface area (Å²) in [5.74, 6) is 0.225. The molecule has 1 spiro atoms. The number of amides is 1. The molecule has 4 nitrogen and oxygen atoms in total. The highest BCUT2D eigenvalue weighted by Crippen LogP contribution is 2.36. The van der Waals surface area contributed by atoms with Crippen LogP contribution in [0.25, 0.3) is 0 Å². The van der Waals surface area contributed by atoms with E-state index in [4.69, 9.17) is 0 Å². The molecule has 0 radical (unpaired) electrons. The van der Waals surface area contributed by atoms with E-state index in [1.54, 1.807) is 0 Å². The molecule has 2 N–H and O–H groups in total. The van der Waals surface area contributed by atoms with Gasteiger partial charge in [0.05, 0.1) is 6.54 Å². The first-order chi connectivity index (χ1) is 10.6. The largest absolute Gasteiger partial charge is 0.376 e. The lowest BCUT2D eigenvalue weighted by atomic mass is 9.78. The van der Waals surface area contributed by atoms with Crippen LogP contribution in [-0.2, 0) is 4.79 Å². The summed E-state index contributed by atoms with van der Waals surface area (Å²) in [7, 11) is 0. The Morgan fingerprint density at radius 1 is 1.23 bits per heavy atom. The Hall–Kier alpha value is -1.55. The van der Waals surface area contributed by atoms with Gasteiger partial charge in [-0.2, -0.15) is 0 Å². The lowest BCUT2D eigenvalue weighted by Gasteiger charge is -2.39. The van der Waals surface area contributed by atoms with Gasteiger partial charge >= 0.3 is 0 Å². The van der Waals surface area contributed by atoms with Crippen LogP contribution in [0.5, 0.6) is 0 Å². The second-order valence-corrected chi connectivity index (χ2v) is 6.93. The van der Waals surface area contributed by atoms with Gasteiger partial charge in [-0.1, -0.05) is 18.2 Å². The van der Waals surface area contributed by atoms with E-state index in [1.807, 2.05) is 4.90 Å². The van der Waals surface area contributed by atoms with Crippen molar-refractivity contribution in [1.29, 1.82) is 0 Å². The Morgan fingerprint density at radius 2 is 1.91 bits per heavy atom. The number of anilines is 1. The number of piperidine rings is 1. The van der Waals surface area contributed by atoms with E-state index >= 15 is 0 Å². The molecule has 2 fully saturated rings. The number of aryl methyl sites for hydroxylation is 2. The van der Waals surface area contributed by atoms with Gasteiger partial charge in [-0.25, -0.2) is 0 Å². The van der Waals surface area contributed by atoms with Gasteiger partial charge in [0.15, 0.2) is 0 Å². The summed E-state index contributed by atoms with van der Waals surface area (Å²) < 4.78 is 0. The minimum absolute atomic E-state index is 0.225. The molecular formula is C18H27N3O. The molecule has 0 aliphatic carbocycles. The number of rotatable bonds is 3.